The number of hydrogen-bond acceptors (Lipinski definition) is 5. The van der Waals surface area contributed by atoms with Gasteiger partial charge in [-0.15, -0.1) is 0 Å². The van der Waals surface area contributed by atoms with Gasteiger partial charge in [-0.3, -0.25) is 0 Å². The van der Waals surface area contributed by atoms with E-state index in [-0.39, 0.29) is 12.4 Å². The first-order valence-electron chi connectivity index (χ1n) is 5.21. The van der Waals surface area contributed by atoms with Gasteiger partial charge in [0.1, 0.15) is 11.5 Å². The number of hydrogen-bond donors (Lipinski definition) is 0. The summed E-state index contributed by atoms with van der Waals surface area (Å²) in [5.74, 6) is 0.552. The smallest absolute Gasteiger partial charge is 0.337 e. The predicted molar refractivity (Wildman–Crippen MR) is 66.5 cm³/mol. The third kappa shape index (κ3) is 3.24. The van der Waals surface area contributed by atoms with Gasteiger partial charge in [0.15, 0.2) is 6.79 Å². The second-order valence-corrected chi connectivity index (χ2v) is 3.38. The molecule has 0 aliphatic heterocycles. The molecule has 0 N–H and O–H groups in total. The van der Waals surface area contributed by atoms with E-state index in [1.54, 1.807) is 25.3 Å². The maximum absolute atomic E-state index is 11.5. The molecule has 5 nitrogen and oxygen atoms in total. The highest BCUT2D eigenvalue weighted by Crippen LogP contribution is 2.30. The summed E-state index contributed by atoms with van der Waals surface area (Å²) in [5.41, 5.74) is 0.756. The first kappa shape index (κ1) is 14.1. The average Bonchev–Trinajstić information content (AvgIpc) is 2.42. The Morgan fingerprint density at radius 1 is 1.28 bits per heavy atom. The highest BCUT2D eigenvalue weighted by Gasteiger charge is 2.15. The maximum Gasteiger partial charge on any atom is 0.337 e. The van der Waals surface area contributed by atoms with Gasteiger partial charge in [0.05, 0.1) is 19.8 Å². The number of benzene rings is 1. The van der Waals surface area contributed by atoms with E-state index in [0.29, 0.717) is 17.1 Å². The Balaban J connectivity index is 3.08. The van der Waals surface area contributed by atoms with Crippen molar-refractivity contribution >= 4 is 11.5 Å². The van der Waals surface area contributed by atoms with Gasteiger partial charge in [-0.2, -0.15) is 0 Å². The average molecular weight is 252 g/mol. The van der Waals surface area contributed by atoms with E-state index >= 15 is 0 Å². The summed E-state index contributed by atoms with van der Waals surface area (Å²) >= 11 is 0. The van der Waals surface area contributed by atoms with Gasteiger partial charge in [-0.25, -0.2) is 4.79 Å². The molecule has 0 saturated heterocycles. The molecule has 1 aromatic rings. The molecule has 0 aliphatic carbocycles. The van der Waals surface area contributed by atoms with Crippen molar-refractivity contribution in [2.45, 2.75) is 0 Å². The first-order valence-corrected chi connectivity index (χ1v) is 5.21. The van der Waals surface area contributed by atoms with Crippen LogP contribution < -0.4 is 9.47 Å². The summed E-state index contributed by atoms with van der Waals surface area (Å²) < 4.78 is 19.9. The molecule has 5 heteroatoms. The van der Waals surface area contributed by atoms with Crippen molar-refractivity contribution in [3.8, 4) is 11.5 Å². The minimum Gasteiger partial charge on any atom is -0.497 e. The summed E-state index contributed by atoms with van der Waals surface area (Å²) in [6.45, 7) is 3.75. The van der Waals surface area contributed by atoms with Gasteiger partial charge in [0.25, 0.3) is 0 Å². The van der Waals surface area contributed by atoms with Crippen molar-refractivity contribution in [1.29, 1.82) is 0 Å². The van der Waals surface area contributed by atoms with Crippen LogP contribution in [0.5, 0.6) is 11.5 Å². The lowest BCUT2D eigenvalue weighted by atomic mass is 10.1. The van der Waals surface area contributed by atoms with E-state index < -0.39 is 5.97 Å². The van der Waals surface area contributed by atoms with Gasteiger partial charge in [-0.1, -0.05) is 6.58 Å². The van der Waals surface area contributed by atoms with Crippen molar-refractivity contribution in [3.05, 3.63) is 30.3 Å². The third-order valence-corrected chi connectivity index (χ3v) is 2.28. The number of methoxy groups -OCH3 is 3. The molecule has 0 saturated carbocycles. The number of esters is 1. The second kappa shape index (κ2) is 6.66. The number of carbonyl (C=O) groups excluding carboxylic acids is 1. The van der Waals surface area contributed by atoms with Gasteiger partial charge in [0, 0.05) is 18.7 Å². The lowest BCUT2D eigenvalue weighted by molar-refractivity contribution is -0.133. The zero-order valence-corrected chi connectivity index (χ0v) is 10.7. The Morgan fingerprint density at radius 2 is 2.00 bits per heavy atom. The molecular formula is C13H16O5. The zero-order chi connectivity index (χ0) is 13.5. The molecule has 1 rings (SSSR count). The van der Waals surface area contributed by atoms with Crippen molar-refractivity contribution in [1.82, 2.24) is 0 Å². The zero-order valence-electron chi connectivity index (χ0n) is 10.7. The van der Waals surface area contributed by atoms with Crippen LogP contribution in [-0.4, -0.2) is 34.1 Å². The summed E-state index contributed by atoms with van der Waals surface area (Å²) in [4.78, 5) is 11.5. The van der Waals surface area contributed by atoms with E-state index in [9.17, 15) is 4.79 Å². The first-order chi connectivity index (χ1) is 8.63. The molecule has 0 aromatic heterocycles. The van der Waals surface area contributed by atoms with Crippen LogP contribution in [0, 0.1) is 0 Å². The molecule has 98 valence electrons. The van der Waals surface area contributed by atoms with E-state index in [1.807, 2.05) is 0 Å². The Labute approximate surface area is 106 Å². The molecule has 18 heavy (non-hydrogen) atoms. The molecule has 0 fully saturated rings. The van der Waals surface area contributed by atoms with E-state index in [2.05, 4.69) is 11.3 Å². The number of rotatable bonds is 6. The lowest BCUT2D eigenvalue weighted by Gasteiger charge is -2.13. The van der Waals surface area contributed by atoms with Gasteiger partial charge in [-0.05, 0) is 12.1 Å². The Morgan fingerprint density at radius 3 is 2.56 bits per heavy atom. The lowest BCUT2D eigenvalue weighted by Crippen LogP contribution is -2.06. The van der Waals surface area contributed by atoms with Crippen LogP contribution in [0.25, 0.3) is 5.57 Å². The van der Waals surface area contributed by atoms with Crippen LogP contribution in [0.2, 0.25) is 0 Å². The minimum absolute atomic E-state index is 0.0641. The fourth-order valence-corrected chi connectivity index (χ4v) is 1.35. The van der Waals surface area contributed by atoms with Crippen molar-refractivity contribution in [2.75, 3.05) is 28.1 Å². The van der Waals surface area contributed by atoms with Crippen LogP contribution in [0.4, 0.5) is 0 Å². The highest BCUT2D eigenvalue weighted by molar-refractivity contribution is 6.16. The second-order valence-electron chi connectivity index (χ2n) is 3.38. The van der Waals surface area contributed by atoms with Crippen LogP contribution >= 0.6 is 0 Å². The molecule has 0 radical (unpaired) electrons. The van der Waals surface area contributed by atoms with Crippen molar-refractivity contribution < 1.29 is 23.7 Å². The molecule has 0 amide bonds. The number of carbonyl (C=O) groups is 1. The molecule has 1 aromatic carbocycles. The molecule has 0 unspecified atom stereocenters. The molecule has 0 bridgehead atoms. The third-order valence-electron chi connectivity index (χ3n) is 2.28. The molecular weight excluding hydrogens is 236 g/mol. The Hall–Kier alpha value is -2.01. The normalized spacial score (nSPS) is 9.72. The van der Waals surface area contributed by atoms with E-state index in [1.165, 1.54) is 14.2 Å². The Kier molecular flexibility index (Phi) is 5.20. The van der Waals surface area contributed by atoms with Crippen LogP contribution in [0.3, 0.4) is 0 Å². The van der Waals surface area contributed by atoms with Gasteiger partial charge < -0.3 is 18.9 Å². The molecule has 0 atom stereocenters. The Bertz CT molecular complexity index is 439. The predicted octanol–water partition coefficient (Wildman–Crippen LogP) is 1.86. The summed E-state index contributed by atoms with van der Waals surface area (Å²) in [7, 11) is 4.35. The maximum atomic E-state index is 11.5. The quantitative estimate of drug-likeness (QED) is 0.439. The van der Waals surface area contributed by atoms with Crippen LogP contribution in [0.15, 0.2) is 24.8 Å². The van der Waals surface area contributed by atoms with Crippen molar-refractivity contribution in [3.63, 3.8) is 0 Å². The summed E-state index contributed by atoms with van der Waals surface area (Å²) in [6, 6.07) is 5.05. The summed E-state index contributed by atoms with van der Waals surface area (Å²) in [5, 5.41) is 0. The van der Waals surface area contributed by atoms with Gasteiger partial charge >= 0.3 is 5.97 Å². The minimum atomic E-state index is -0.512. The topological polar surface area (TPSA) is 54.0 Å². The molecule has 0 aliphatic rings. The molecule has 0 heterocycles. The van der Waals surface area contributed by atoms with E-state index in [0.717, 1.165) is 0 Å². The number of ether oxygens (including phenoxy) is 4. The summed E-state index contributed by atoms with van der Waals surface area (Å²) in [6.07, 6.45) is 0. The fourth-order valence-electron chi connectivity index (χ4n) is 1.35. The molecule has 0 spiro atoms. The standard InChI is InChI=1S/C13H16O5/c1-9(13(14)17-4)11-6-5-10(16-3)7-12(11)18-8-15-2/h5-7H,1,8H2,2-4H3. The highest BCUT2D eigenvalue weighted by atomic mass is 16.7. The monoisotopic (exact) mass is 252 g/mol. The largest absolute Gasteiger partial charge is 0.497 e. The van der Waals surface area contributed by atoms with E-state index in [4.69, 9.17) is 14.2 Å². The van der Waals surface area contributed by atoms with Crippen molar-refractivity contribution in [2.24, 2.45) is 0 Å². The fraction of sp³-hybridized carbons (Fsp3) is 0.308. The van der Waals surface area contributed by atoms with Gasteiger partial charge in [0.2, 0.25) is 0 Å². The van der Waals surface area contributed by atoms with Crippen LogP contribution in [-0.2, 0) is 14.3 Å². The van der Waals surface area contributed by atoms with Crippen LogP contribution in [0.1, 0.15) is 5.56 Å². The SMILES string of the molecule is C=C(C(=O)OC)c1ccc(OC)cc1OCOC.